The fourth-order valence-corrected chi connectivity index (χ4v) is 4.77. The zero-order valence-electron chi connectivity index (χ0n) is 13.4. The maximum Gasteiger partial charge on any atom is 0.242 e. The number of nitrogens with one attached hydrogen (secondary N) is 2. The maximum atomic E-state index is 12.4. The number of halogens is 1. The zero-order valence-corrected chi connectivity index (χ0v) is 15.0. The molecule has 0 spiro atoms. The van der Waals surface area contributed by atoms with Crippen molar-refractivity contribution in [3.8, 4) is 0 Å². The quantitative estimate of drug-likeness (QED) is 0.877. The van der Waals surface area contributed by atoms with Crippen molar-refractivity contribution in [1.82, 2.24) is 10.3 Å². The number of nitrogens with zero attached hydrogens (tertiary/aromatic N) is 1. The molecule has 4 rings (SSSR count). The van der Waals surface area contributed by atoms with Crippen LogP contribution in [0.4, 0.5) is 5.69 Å². The number of thiazole rings is 1. The van der Waals surface area contributed by atoms with Crippen LogP contribution in [-0.4, -0.2) is 23.5 Å². The van der Waals surface area contributed by atoms with Crippen molar-refractivity contribution in [2.75, 3.05) is 11.9 Å². The van der Waals surface area contributed by atoms with Crippen LogP contribution in [0.15, 0.2) is 18.2 Å². The van der Waals surface area contributed by atoms with Gasteiger partial charge in [-0.25, -0.2) is 4.98 Å². The molecule has 1 aliphatic heterocycles. The Morgan fingerprint density at radius 1 is 1.38 bits per heavy atom. The van der Waals surface area contributed by atoms with Crippen molar-refractivity contribution in [2.24, 2.45) is 0 Å². The summed E-state index contributed by atoms with van der Waals surface area (Å²) in [6.07, 6.45) is 6.33. The summed E-state index contributed by atoms with van der Waals surface area (Å²) in [6.45, 7) is 0.639. The zero-order chi connectivity index (χ0) is 16.5. The Morgan fingerprint density at radius 2 is 2.25 bits per heavy atom. The van der Waals surface area contributed by atoms with Gasteiger partial charge in [0, 0.05) is 35.0 Å². The lowest BCUT2D eigenvalue weighted by Crippen LogP contribution is -2.39. The summed E-state index contributed by atoms with van der Waals surface area (Å²) in [5.74, 6) is 0.0450. The van der Waals surface area contributed by atoms with Gasteiger partial charge in [0.1, 0.15) is 6.04 Å². The maximum absolute atomic E-state index is 12.4. The van der Waals surface area contributed by atoms with E-state index in [2.05, 4.69) is 10.6 Å². The summed E-state index contributed by atoms with van der Waals surface area (Å²) in [7, 11) is 0. The highest BCUT2D eigenvalue weighted by Gasteiger charge is 2.26. The molecule has 4 nitrogen and oxygen atoms in total. The largest absolute Gasteiger partial charge is 0.373 e. The van der Waals surface area contributed by atoms with Gasteiger partial charge in [0.05, 0.1) is 10.7 Å². The Morgan fingerprint density at radius 3 is 3.12 bits per heavy atom. The van der Waals surface area contributed by atoms with E-state index in [-0.39, 0.29) is 11.9 Å². The van der Waals surface area contributed by atoms with Gasteiger partial charge in [-0.1, -0.05) is 11.6 Å². The molecule has 126 valence electrons. The highest BCUT2D eigenvalue weighted by molar-refractivity contribution is 7.11. The van der Waals surface area contributed by atoms with Gasteiger partial charge < -0.3 is 10.6 Å². The van der Waals surface area contributed by atoms with Crippen LogP contribution in [0.25, 0.3) is 0 Å². The topological polar surface area (TPSA) is 54.0 Å². The summed E-state index contributed by atoms with van der Waals surface area (Å²) >= 11 is 7.83. The molecule has 24 heavy (non-hydrogen) atoms. The molecule has 2 aromatic rings. The molecule has 1 aromatic carbocycles. The van der Waals surface area contributed by atoms with Crippen LogP contribution >= 0.6 is 22.9 Å². The number of hydrogen-bond donors (Lipinski definition) is 2. The molecule has 0 radical (unpaired) electrons. The first-order valence-corrected chi connectivity index (χ1v) is 9.68. The first-order valence-electron chi connectivity index (χ1n) is 8.49. The number of amides is 1. The number of aryl methyl sites for hydroxylation is 2. The highest BCUT2D eigenvalue weighted by atomic mass is 35.5. The second-order valence-electron chi connectivity index (χ2n) is 6.43. The molecule has 0 saturated heterocycles. The van der Waals surface area contributed by atoms with Crippen molar-refractivity contribution in [2.45, 2.75) is 44.6 Å². The van der Waals surface area contributed by atoms with E-state index < -0.39 is 0 Å². The van der Waals surface area contributed by atoms with Crippen LogP contribution < -0.4 is 10.6 Å². The van der Waals surface area contributed by atoms with Gasteiger partial charge in [-0.3, -0.25) is 4.79 Å². The average Bonchev–Trinajstić information content (AvgIpc) is 3.17. The summed E-state index contributed by atoms with van der Waals surface area (Å²) in [4.78, 5) is 18.5. The predicted octanol–water partition coefficient (Wildman–Crippen LogP) is 3.37. The Bertz CT molecular complexity index is 750. The first-order chi connectivity index (χ1) is 11.7. The van der Waals surface area contributed by atoms with E-state index in [1.807, 2.05) is 29.5 Å². The number of carbonyl (C=O) groups is 1. The van der Waals surface area contributed by atoms with Gasteiger partial charge in [-0.2, -0.15) is 0 Å². The van der Waals surface area contributed by atoms with Crippen LogP contribution in [-0.2, 0) is 30.5 Å². The standard InChI is InChI=1S/C18H20ClN3OS/c19-12-5-6-13-11(9-12)10-15(21-13)18(23)20-8-7-17-22-14-3-1-2-4-16(14)24-17/h5-6,9,15,21H,1-4,7-8,10H2,(H,20,23)/t15-/m0/s1. The number of aromatic nitrogens is 1. The highest BCUT2D eigenvalue weighted by Crippen LogP contribution is 2.29. The van der Waals surface area contributed by atoms with Gasteiger partial charge >= 0.3 is 0 Å². The van der Waals surface area contributed by atoms with E-state index >= 15 is 0 Å². The lowest BCUT2D eigenvalue weighted by Gasteiger charge is -2.11. The monoisotopic (exact) mass is 361 g/mol. The van der Waals surface area contributed by atoms with Crippen molar-refractivity contribution < 1.29 is 4.79 Å². The Labute approximate surface area is 150 Å². The van der Waals surface area contributed by atoms with Crippen LogP contribution in [0.5, 0.6) is 0 Å². The van der Waals surface area contributed by atoms with E-state index in [1.54, 1.807) is 0 Å². The molecular formula is C18H20ClN3OS. The summed E-state index contributed by atoms with van der Waals surface area (Å²) < 4.78 is 0. The van der Waals surface area contributed by atoms with Gasteiger partial charge in [0.25, 0.3) is 0 Å². The van der Waals surface area contributed by atoms with Gasteiger partial charge in [0.15, 0.2) is 0 Å². The third-order valence-corrected chi connectivity index (χ3v) is 6.12. The second kappa shape index (κ2) is 6.73. The molecule has 0 fully saturated rings. The van der Waals surface area contributed by atoms with Crippen LogP contribution in [0.1, 0.15) is 34.0 Å². The number of hydrogen-bond acceptors (Lipinski definition) is 4. The predicted molar refractivity (Wildman–Crippen MR) is 98.0 cm³/mol. The number of anilines is 1. The Kier molecular flexibility index (Phi) is 4.46. The minimum absolute atomic E-state index is 0.0450. The van der Waals surface area contributed by atoms with E-state index in [0.29, 0.717) is 18.0 Å². The van der Waals surface area contributed by atoms with E-state index in [0.717, 1.165) is 29.1 Å². The fraction of sp³-hybridized carbons (Fsp3) is 0.444. The number of rotatable bonds is 4. The molecule has 0 saturated carbocycles. The van der Waals surface area contributed by atoms with Gasteiger partial charge in [-0.05, 0) is 49.4 Å². The Hall–Kier alpha value is -1.59. The molecule has 2 N–H and O–H groups in total. The van der Waals surface area contributed by atoms with Crippen LogP contribution in [0.2, 0.25) is 5.02 Å². The molecule has 0 bridgehead atoms. The molecule has 1 atom stereocenters. The lowest BCUT2D eigenvalue weighted by molar-refractivity contribution is -0.121. The van der Waals surface area contributed by atoms with E-state index in [9.17, 15) is 4.79 Å². The number of carbonyl (C=O) groups excluding carboxylic acids is 1. The lowest BCUT2D eigenvalue weighted by atomic mass is 10.0. The van der Waals surface area contributed by atoms with Crippen molar-refractivity contribution in [3.05, 3.63) is 44.4 Å². The molecule has 2 aliphatic rings. The number of benzene rings is 1. The third kappa shape index (κ3) is 3.28. The summed E-state index contributed by atoms with van der Waals surface area (Å²) in [5, 5.41) is 8.16. The second-order valence-corrected chi connectivity index (χ2v) is 8.03. The van der Waals surface area contributed by atoms with Crippen molar-refractivity contribution >= 4 is 34.5 Å². The van der Waals surface area contributed by atoms with Crippen LogP contribution in [0.3, 0.4) is 0 Å². The molecule has 0 unspecified atom stereocenters. The minimum Gasteiger partial charge on any atom is -0.373 e. The normalized spacial score (nSPS) is 18.6. The molecule has 1 aliphatic carbocycles. The molecule has 1 aromatic heterocycles. The number of fused-ring (bicyclic) bond motifs is 2. The van der Waals surface area contributed by atoms with Crippen molar-refractivity contribution in [3.63, 3.8) is 0 Å². The molecular weight excluding hydrogens is 342 g/mol. The molecule has 6 heteroatoms. The van der Waals surface area contributed by atoms with E-state index in [4.69, 9.17) is 16.6 Å². The van der Waals surface area contributed by atoms with Gasteiger partial charge in [-0.15, -0.1) is 11.3 Å². The summed E-state index contributed by atoms with van der Waals surface area (Å²) in [6, 6.07) is 5.50. The molecule has 1 amide bonds. The minimum atomic E-state index is -0.206. The first kappa shape index (κ1) is 15.9. The SMILES string of the molecule is O=C(NCCc1nc2c(s1)CCCC2)[C@@H]1Cc2cc(Cl)ccc2N1. The van der Waals surface area contributed by atoms with Gasteiger partial charge in [0.2, 0.25) is 5.91 Å². The van der Waals surface area contributed by atoms with Crippen molar-refractivity contribution in [1.29, 1.82) is 0 Å². The van der Waals surface area contributed by atoms with E-state index in [1.165, 1.54) is 29.8 Å². The fourth-order valence-electron chi connectivity index (χ4n) is 3.42. The average molecular weight is 362 g/mol. The smallest absolute Gasteiger partial charge is 0.242 e. The van der Waals surface area contributed by atoms with Crippen LogP contribution in [0, 0.1) is 0 Å². The summed E-state index contributed by atoms with van der Waals surface area (Å²) in [5.41, 5.74) is 3.40. The molecule has 2 heterocycles. The third-order valence-electron chi connectivity index (χ3n) is 4.67. The Balaban J connectivity index is 1.29.